The Kier molecular flexibility index (Phi) is 6.58. The van der Waals surface area contributed by atoms with E-state index < -0.39 is 5.41 Å². The number of nitrogens with zero attached hydrogens (tertiary/aromatic N) is 2. The largest absolute Gasteiger partial charge is 0.494 e. The Hall–Kier alpha value is -2.15. The molecule has 0 saturated carbocycles. The van der Waals surface area contributed by atoms with Gasteiger partial charge in [-0.1, -0.05) is 32.1 Å². The van der Waals surface area contributed by atoms with Gasteiger partial charge >= 0.3 is 5.97 Å². The van der Waals surface area contributed by atoms with Crippen LogP contribution in [0.1, 0.15) is 41.0 Å². The maximum atomic E-state index is 12.4. The molecule has 0 N–H and O–H groups in total. The van der Waals surface area contributed by atoms with Crippen molar-refractivity contribution in [3.8, 4) is 5.75 Å². The van der Waals surface area contributed by atoms with Crippen LogP contribution in [0.4, 0.5) is 0 Å². The fourth-order valence-electron chi connectivity index (χ4n) is 2.30. The van der Waals surface area contributed by atoms with E-state index in [4.69, 9.17) is 9.47 Å². The molecule has 1 heterocycles. The highest BCUT2D eigenvalue weighted by Gasteiger charge is 2.21. The number of carbonyl (C=O) groups excluding carboxylic acids is 2. The summed E-state index contributed by atoms with van der Waals surface area (Å²) in [5, 5.41) is 0. The predicted octanol–water partition coefficient (Wildman–Crippen LogP) is 3.53. The van der Waals surface area contributed by atoms with Gasteiger partial charge in [-0.3, -0.25) is 9.59 Å². The van der Waals surface area contributed by atoms with Gasteiger partial charge in [-0.05, 0) is 32.0 Å². The SMILES string of the molecule is CCOC(=O)CCn1c(=NC(=O)C(C)(C)C)sc2cc(OCC)ccc21. The van der Waals surface area contributed by atoms with Gasteiger partial charge in [0.1, 0.15) is 5.75 Å². The molecular formula is C19H26N2O4S. The number of carbonyl (C=O) groups is 2. The minimum atomic E-state index is -0.564. The van der Waals surface area contributed by atoms with Gasteiger partial charge in [0.25, 0.3) is 5.91 Å². The Morgan fingerprint density at radius 2 is 1.92 bits per heavy atom. The number of aromatic nitrogens is 1. The quantitative estimate of drug-likeness (QED) is 0.721. The lowest BCUT2D eigenvalue weighted by Gasteiger charge is -2.12. The Morgan fingerprint density at radius 1 is 1.19 bits per heavy atom. The van der Waals surface area contributed by atoms with E-state index in [1.165, 1.54) is 11.3 Å². The third-order valence-corrected chi connectivity index (χ3v) is 4.69. The molecule has 2 rings (SSSR count). The van der Waals surface area contributed by atoms with Crippen LogP contribution >= 0.6 is 11.3 Å². The maximum absolute atomic E-state index is 12.4. The van der Waals surface area contributed by atoms with Gasteiger partial charge in [-0.2, -0.15) is 4.99 Å². The van der Waals surface area contributed by atoms with Crippen LogP contribution in [0.2, 0.25) is 0 Å². The lowest BCUT2D eigenvalue weighted by Crippen LogP contribution is -2.24. The van der Waals surface area contributed by atoms with Crippen LogP contribution in [0.15, 0.2) is 23.2 Å². The van der Waals surface area contributed by atoms with Crippen molar-refractivity contribution in [3.63, 3.8) is 0 Å². The molecule has 0 bridgehead atoms. The molecule has 142 valence electrons. The zero-order valence-electron chi connectivity index (χ0n) is 16.0. The molecule has 2 aromatic rings. The van der Waals surface area contributed by atoms with Gasteiger partial charge < -0.3 is 14.0 Å². The molecule has 1 aromatic carbocycles. The first kappa shape index (κ1) is 20.2. The second-order valence-corrected chi connectivity index (χ2v) is 7.83. The molecule has 0 spiro atoms. The van der Waals surface area contributed by atoms with Crippen molar-refractivity contribution < 1.29 is 19.1 Å². The van der Waals surface area contributed by atoms with E-state index in [0.29, 0.717) is 24.6 Å². The number of amides is 1. The number of ether oxygens (including phenoxy) is 2. The Morgan fingerprint density at radius 3 is 2.54 bits per heavy atom. The molecule has 0 aliphatic carbocycles. The van der Waals surface area contributed by atoms with Crippen LogP contribution in [-0.2, 0) is 20.9 Å². The topological polar surface area (TPSA) is 69.9 Å². The summed E-state index contributed by atoms with van der Waals surface area (Å²) in [6, 6.07) is 5.75. The van der Waals surface area contributed by atoms with Crippen LogP contribution < -0.4 is 9.54 Å². The van der Waals surface area contributed by atoms with Crippen LogP contribution in [0, 0.1) is 5.41 Å². The highest BCUT2D eigenvalue weighted by molar-refractivity contribution is 7.16. The molecule has 26 heavy (non-hydrogen) atoms. The van der Waals surface area contributed by atoms with Gasteiger partial charge in [0.15, 0.2) is 4.80 Å². The van der Waals surface area contributed by atoms with E-state index in [0.717, 1.165) is 16.0 Å². The molecule has 7 heteroatoms. The molecule has 0 saturated heterocycles. The summed E-state index contributed by atoms with van der Waals surface area (Å²) in [4.78, 5) is 29.0. The average Bonchev–Trinajstić information content (AvgIpc) is 2.89. The number of esters is 1. The van der Waals surface area contributed by atoms with Gasteiger partial charge in [0.05, 0.1) is 29.9 Å². The van der Waals surface area contributed by atoms with E-state index in [2.05, 4.69) is 4.99 Å². The standard InChI is InChI=1S/C19H26N2O4S/c1-6-24-13-8-9-14-15(12-13)26-18(20-17(23)19(3,4)5)21(14)11-10-16(22)25-7-2/h8-9,12H,6-7,10-11H2,1-5H3. The minimum Gasteiger partial charge on any atom is -0.494 e. The van der Waals surface area contributed by atoms with Crippen molar-refractivity contribution >= 4 is 33.4 Å². The molecule has 0 unspecified atom stereocenters. The van der Waals surface area contributed by atoms with Crippen LogP contribution in [-0.4, -0.2) is 29.7 Å². The summed E-state index contributed by atoms with van der Waals surface area (Å²) in [6.45, 7) is 10.6. The normalized spacial score (nSPS) is 12.4. The Balaban J connectivity index is 2.49. The first-order valence-electron chi connectivity index (χ1n) is 8.77. The van der Waals surface area contributed by atoms with E-state index in [1.54, 1.807) is 6.92 Å². The van der Waals surface area contributed by atoms with Gasteiger partial charge in [0, 0.05) is 12.0 Å². The zero-order valence-corrected chi connectivity index (χ0v) is 16.8. The summed E-state index contributed by atoms with van der Waals surface area (Å²) in [6.07, 6.45) is 0.226. The monoisotopic (exact) mass is 378 g/mol. The summed E-state index contributed by atoms with van der Waals surface area (Å²) >= 11 is 1.42. The van der Waals surface area contributed by atoms with Crippen molar-refractivity contribution in [2.75, 3.05) is 13.2 Å². The zero-order chi connectivity index (χ0) is 19.3. The summed E-state index contributed by atoms with van der Waals surface area (Å²) in [5.74, 6) is 0.310. The molecule has 0 fully saturated rings. The van der Waals surface area contributed by atoms with E-state index >= 15 is 0 Å². The average molecular weight is 378 g/mol. The van der Waals surface area contributed by atoms with Gasteiger partial charge in [0.2, 0.25) is 0 Å². The lowest BCUT2D eigenvalue weighted by molar-refractivity contribution is -0.143. The second kappa shape index (κ2) is 8.49. The third-order valence-electron chi connectivity index (χ3n) is 3.65. The van der Waals surface area contributed by atoms with Crippen molar-refractivity contribution in [1.82, 2.24) is 4.57 Å². The molecular weight excluding hydrogens is 352 g/mol. The van der Waals surface area contributed by atoms with Gasteiger partial charge in [-0.15, -0.1) is 0 Å². The number of hydrogen-bond acceptors (Lipinski definition) is 5. The van der Waals surface area contributed by atoms with Crippen LogP contribution in [0.5, 0.6) is 5.75 Å². The van der Waals surface area contributed by atoms with E-state index in [-0.39, 0.29) is 18.3 Å². The van der Waals surface area contributed by atoms with E-state index in [9.17, 15) is 9.59 Å². The first-order chi connectivity index (χ1) is 12.3. The molecule has 0 atom stereocenters. The number of thiazole rings is 1. The molecule has 6 nitrogen and oxygen atoms in total. The number of hydrogen-bond donors (Lipinski definition) is 0. The minimum absolute atomic E-state index is 0.195. The summed E-state index contributed by atoms with van der Waals surface area (Å²) in [5.41, 5.74) is 0.356. The highest BCUT2D eigenvalue weighted by atomic mass is 32.1. The number of fused-ring (bicyclic) bond motifs is 1. The molecule has 1 amide bonds. The number of benzene rings is 1. The van der Waals surface area contributed by atoms with Crippen LogP contribution in [0.3, 0.4) is 0 Å². The smallest absolute Gasteiger partial charge is 0.307 e. The van der Waals surface area contributed by atoms with Crippen molar-refractivity contribution in [1.29, 1.82) is 0 Å². The highest BCUT2D eigenvalue weighted by Crippen LogP contribution is 2.24. The predicted molar refractivity (Wildman–Crippen MR) is 102 cm³/mol. The Labute approximate surface area is 157 Å². The second-order valence-electron chi connectivity index (χ2n) is 6.82. The molecule has 0 aliphatic rings. The molecule has 0 aliphatic heterocycles. The molecule has 0 radical (unpaired) electrons. The third kappa shape index (κ3) is 4.94. The molecule has 1 aromatic heterocycles. The fraction of sp³-hybridized carbons (Fsp3) is 0.526. The van der Waals surface area contributed by atoms with Crippen molar-refractivity contribution in [2.45, 2.75) is 47.6 Å². The maximum Gasteiger partial charge on any atom is 0.307 e. The van der Waals surface area contributed by atoms with Crippen molar-refractivity contribution in [2.24, 2.45) is 10.4 Å². The van der Waals surface area contributed by atoms with E-state index in [1.807, 2.05) is 50.5 Å². The number of aryl methyl sites for hydroxylation is 1. The Bertz CT molecular complexity index is 859. The van der Waals surface area contributed by atoms with Gasteiger partial charge in [-0.25, -0.2) is 0 Å². The summed E-state index contributed by atoms with van der Waals surface area (Å²) in [7, 11) is 0. The van der Waals surface area contributed by atoms with Crippen LogP contribution in [0.25, 0.3) is 10.2 Å². The first-order valence-corrected chi connectivity index (χ1v) is 9.59. The van der Waals surface area contributed by atoms with Crippen molar-refractivity contribution in [3.05, 3.63) is 23.0 Å². The summed E-state index contributed by atoms with van der Waals surface area (Å²) < 4.78 is 13.4. The number of rotatable bonds is 6. The fourth-order valence-corrected chi connectivity index (χ4v) is 3.39. The lowest BCUT2D eigenvalue weighted by atomic mass is 9.96.